The summed E-state index contributed by atoms with van der Waals surface area (Å²) >= 11 is 6.03. The maximum absolute atomic E-state index is 15.0. The van der Waals surface area contributed by atoms with Crippen LogP contribution in [0.3, 0.4) is 0 Å². The van der Waals surface area contributed by atoms with Crippen molar-refractivity contribution >= 4 is 23.3 Å². The van der Waals surface area contributed by atoms with Crippen LogP contribution in [0.1, 0.15) is 30.0 Å². The van der Waals surface area contributed by atoms with Crippen molar-refractivity contribution in [2.75, 3.05) is 0 Å². The summed E-state index contributed by atoms with van der Waals surface area (Å²) in [6.07, 6.45) is -2.82. The summed E-state index contributed by atoms with van der Waals surface area (Å²) < 4.78 is 46.5. The highest BCUT2D eigenvalue weighted by molar-refractivity contribution is 6.32. The van der Waals surface area contributed by atoms with Gasteiger partial charge in [-0.05, 0) is 36.8 Å². The number of hydrazone groups is 1. The summed E-state index contributed by atoms with van der Waals surface area (Å²) in [5, 5.41) is 15.6. The summed E-state index contributed by atoms with van der Waals surface area (Å²) in [6, 6.07) is 7.28. The molecule has 0 aromatic heterocycles. The van der Waals surface area contributed by atoms with Gasteiger partial charge in [0.2, 0.25) is 0 Å². The second-order valence-corrected chi connectivity index (χ2v) is 6.64. The van der Waals surface area contributed by atoms with Crippen molar-refractivity contribution in [1.29, 1.82) is 5.26 Å². The molecule has 0 fully saturated rings. The minimum Gasteiger partial charge on any atom is -0.453 e. The van der Waals surface area contributed by atoms with Crippen LogP contribution in [0.2, 0.25) is 5.02 Å². The molecule has 0 aliphatic carbocycles. The summed E-state index contributed by atoms with van der Waals surface area (Å²) in [5.41, 5.74) is 1.99. The van der Waals surface area contributed by atoms with Crippen molar-refractivity contribution in [3.05, 3.63) is 57.9 Å². The number of amidine groups is 1. The third-order valence-electron chi connectivity index (χ3n) is 4.09. The third kappa shape index (κ3) is 4.60. The zero-order chi connectivity index (χ0) is 21.1. The van der Waals surface area contributed by atoms with Crippen LogP contribution >= 0.6 is 11.6 Å². The van der Waals surface area contributed by atoms with Gasteiger partial charge >= 0.3 is 0 Å². The molecule has 10 heteroatoms. The Kier molecular flexibility index (Phi) is 5.94. The number of nitrogens with zero attached hydrogens (tertiary/aromatic N) is 2. The molecular weight excluding hydrogens is 409 g/mol. The van der Waals surface area contributed by atoms with Crippen LogP contribution in [0.25, 0.3) is 0 Å². The number of halogens is 4. The number of nitrogens with one attached hydrogen (secondary N) is 2. The Bertz CT molecular complexity index is 1040. The molecule has 6 nitrogen and oxygen atoms in total. The highest BCUT2D eigenvalue weighted by Crippen LogP contribution is 2.36. The predicted octanol–water partition coefficient (Wildman–Crippen LogP) is 4.04. The van der Waals surface area contributed by atoms with Gasteiger partial charge in [-0.15, -0.1) is 0 Å². The Labute approximate surface area is 168 Å². The first-order chi connectivity index (χ1) is 13.8. The molecule has 0 bridgehead atoms. The van der Waals surface area contributed by atoms with Crippen molar-refractivity contribution in [3.8, 4) is 17.6 Å². The lowest BCUT2D eigenvalue weighted by Crippen LogP contribution is -2.49. The average Bonchev–Trinajstić information content (AvgIpc) is 2.69. The molecule has 0 radical (unpaired) electrons. The number of carbonyl (C=O) groups excluding carboxylic acids is 1. The van der Waals surface area contributed by atoms with Gasteiger partial charge in [0.05, 0.1) is 16.7 Å². The van der Waals surface area contributed by atoms with Crippen molar-refractivity contribution in [3.63, 3.8) is 0 Å². The monoisotopic (exact) mass is 422 g/mol. The molecule has 1 aliphatic heterocycles. The highest BCUT2D eigenvalue weighted by Gasteiger charge is 2.22. The van der Waals surface area contributed by atoms with Crippen LogP contribution in [0.15, 0.2) is 35.4 Å². The van der Waals surface area contributed by atoms with E-state index in [1.165, 1.54) is 18.2 Å². The van der Waals surface area contributed by atoms with Gasteiger partial charge in [-0.2, -0.15) is 10.4 Å². The second kappa shape index (κ2) is 8.41. The van der Waals surface area contributed by atoms with Gasteiger partial charge in [-0.3, -0.25) is 4.79 Å². The van der Waals surface area contributed by atoms with Crippen LogP contribution < -0.4 is 15.5 Å². The SMILES string of the molecule is C[C@H]1NC(Cc2ccc(Cl)c(Oc3cc(C#N)cc(C(F)F)c3)c2F)=NNC1=O. The Balaban J connectivity index is 1.91. The highest BCUT2D eigenvalue weighted by atomic mass is 35.5. The molecule has 0 unspecified atom stereocenters. The second-order valence-electron chi connectivity index (χ2n) is 6.23. The number of rotatable bonds is 5. The Morgan fingerprint density at radius 1 is 1.34 bits per heavy atom. The predicted molar refractivity (Wildman–Crippen MR) is 99.5 cm³/mol. The first kappa shape index (κ1) is 20.5. The molecule has 0 saturated heterocycles. The fourth-order valence-electron chi connectivity index (χ4n) is 2.63. The molecule has 2 aromatic rings. The minimum atomic E-state index is -2.83. The van der Waals surface area contributed by atoms with E-state index in [2.05, 4.69) is 15.8 Å². The lowest BCUT2D eigenvalue weighted by Gasteiger charge is -2.21. The number of amides is 1. The number of carbonyl (C=O) groups is 1. The van der Waals surface area contributed by atoms with Crippen LogP contribution in [0, 0.1) is 17.1 Å². The maximum atomic E-state index is 15.0. The van der Waals surface area contributed by atoms with E-state index in [0.717, 1.165) is 12.1 Å². The molecular formula is C19H14ClF3N4O2. The van der Waals surface area contributed by atoms with E-state index < -0.39 is 23.8 Å². The van der Waals surface area contributed by atoms with Gasteiger partial charge in [0.25, 0.3) is 12.3 Å². The molecule has 1 heterocycles. The minimum absolute atomic E-state index is 0.00447. The molecule has 1 atom stereocenters. The normalized spacial score (nSPS) is 16.0. The molecule has 3 rings (SSSR count). The van der Waals surface area contributed by atoms with E-state index in [-0.39, 0.29) is 40.0 Å². The van der Waals surface area contributed by atoms with Crippen molar-refractivity contribution in [2.45, 2.75) is 25.8 Å². The van der Waals surface area contributed by atoms with Gasteiger partial charge < -0.3 is 10.1 Å². The van der Waals surface area contributed by atoms with Crippen LogP contribution in [-0.2, 0) is 11.2 Å². The van der Waals surface area contributed by atoms with E-state index in [4.69, 9.17) is 21.6 Å². The van der Waals surface area contributed by atoms with Gasteiger partial charge in [0, 0.05) is 12.0 Å². The third-order valence-corrected chi connectivity index (χ3v) is 4.39. The largest absolute Gasteiger partial charge is 0.453 e. The number of hydrogen-bond acceptors (Lipinski definition) is 5. The Morgan fingerprint density at radius 3 is 2.76 bits per heavy atom. The number of benzene rings is 2. The maximum Gasteiger partial charge on any atom is 0.264 e. The number of ether oxygens (including phenoxy) is 1. The van der Waals surface area contributed by atoms with Gasteiger partial charge in [0.15, 0.2) is 11.6 Å². The van der Waals surface area contributed by atoms with Gasteiger partial charge in [-0.1, -0.05) is 17.7 Å². The molecule has 150 valence electrons. The van der Waals surface area contributed by atoms with E-state index >= 15 is 0 Å². The van der Waals surface area contributed by atoms with E-state index in [1.54, 1.807) is 13.0 Å². The molecule has 0 saturated carbocycles. The van der Waals surface area contributed by atoms with E-state index in [1.807, 2.05) is 0 Å². The molecule has 29 heavy (non-hydrogen) atoms. The zero-order valence-electron chi connectivity index (χ0n) is 15.0. The number of alkyl halides is 2. The van der Waals surface area contributed by atoms with Crippen LogP contribution in [0.5, 0.6) is 11.5 Å². The van der Waals surface area contributed by atoms with Gasteiger partial charge in [0.1, 0.15) is 17.6 Å². The molecule has 2 aromatic carbocycles. The first-order valence-corrected chi connectivity index (χ1v) is 8.77. The number of nitriles is 1. The van der Waals surface area contributed by atoms with Crippen molar-refractivity contribution < 1.29 is 22.7 Å². The smallest absolute Gasteiger partial charge is 0.264 e. The Morgan fingerprint density at radius 2 is 2.10 bits per heavy atom. The topological polar surface area (TPSA) is 86.5 Å². The molecule has 2 N–H and O–H groups in total. The van der Waals surface area contributed by atoms with Crippen LogP contribution in [-0.4, -0.2) is 17.8 Å². The summed E-state index contributed by atoms with van der Waals surface area (Å²) in [6.45, 7) is 1.62. The van der Waals surface area contributed by atoms with E-state index in [9.17, 15) is 18.0 Å². The summed E-state index contributed by atoms with van der Waals surface area (Å²) in [7, 11) is 0. The van der Waals surface area contributed by atoms with E-state index in [0.29, 0.717) is 5.84 Å². The zero-order valence-corrected chi connectivity index (χ0v) is 15.7. The lowest BCUT2D eigenvalue weighted by atomic mass is 10.1. The van der Waals surface area contributed by atoms with Gasteiger partial charge in [-0.25, -0.2) is 18.6 Å². The van der Waals surface area contributed by atoms with Crippen molar-refractivity contribution in [2.24, 2.45) is 5.10 Å². The molecule has 0 spiro atoms. The average molecular weight is 423 g/mol. The number of hydrogen-bond donors (Lipinski definition) is 2. The Hall–Kier alpha value is -3.25. The standard InChI is InChI=1S/C19H14ClF3N4O2/c1-9-19(28)27-26-15(25-9)7-11-2-3-14(20)17(16(11)21)29-13-5-10(8-24)4-12(6-13)18(22)23/h2-6,9,18H,7H2,1H3,(H,25,26)(H,27,28)/t9-/m1/s1. The van der Waals surface area contributed by atoms with Crippen molar-refractivity contribution in [1.82, 2.24) is 10.7 Å². The van der Waals surface area contributed by atoms with Crippen LogP contribution in [0.4, 0.5) is 13.2 Å². The quantitative estimate of drug-likeness (QED) is 0.761. The fraction of sp³-hybridized carbons (Fsp3) is 0.211. The molecule has 1 aliphatic rings. The first-order valence-electron chi connectivity index (χ1n) is 8.39. The summed E-state index contributed by atoms with van der Waals surface area (Å²) in [4.78, 5) is 11.4. The lowest BCUT2D eigenvalue weighted by molar-refractivity contribution is -0.122. The fourth-order valence-corrected chi connectivity index (χ4v) is 2.82. The molecule has 1 amide bonds. The summed E-state index contributed by atoms with van der Waals surface area (Å²) in [5.74, 6) is -1.32.